The fraction of sp³-hybridized carbons (Fsp3) is 0.600. The third-order valence-corrected chi connectivity index (χ3v) is 3.76. The van der Waals surface area contributed by atoms with Gasteiger partial charge in [-0.1, -0.05) is 24.6 Å². The van der Waals surface area contributed by atoms with E-state index in [1.807, 2.05) is 0 Å². The van der Waals surface area contributed by atoms with Gasteiger partial charge in [-0.15, -0.1) is 0 Å². The highest BCUT2D eigenvalue weighted by molar-refractivity contribution is 5.56. The molecule has 2 rings (SSSR count). The van der Waals surface area contributed by atoms with Crippen molar-refractivity contribution in [2.45, 2.75) is 39.0 Å². The van der Waals surface area contributed by atoms with Crippen LogP contribution in [0.5, 0.6) is 0 Å². The molecule has 0 aromatic heterocycles. The fourth-order valence-electron chi connectivity index (χ4n) is 2.62. The van der Waals surface area contributed by atoms with Crippen LogP contribution < -0.4 is 10.6 Å². The van der Waals surface area contributed by atoms with E-state index in [1.165, 1.54) is 49.2 Å². The zero-order valence-electron chi connectivity index (χ0n) is 11.1. The van der Waals surface area contributed by atoms with Crippen molar-refractivity contribution < 1.29 is 0 Å². The molecular weight excluding hydrogens is 208 g/mol. The summed E-state index contributed by atoms with van der Waals surface area (Å²) < 4.78 is 0. The van der Waals surface area contributed by atoms with Gasteiger partial charge in [0.15, 0.2) is 0 Å². The lowest BCUT2D eigenvalue weighted by Gasteiger charge is -2.32. The third kappa shape index (κ3) is 2.81. The predicted octanol–water partition coefficient (Wildman–Crippen LogP) is 3.05. The van der Waals surface area contributed by atoms with E-state index in [0.29, 0.717) is 5.92 Å². The number of benzene rings is 1. The molecule has 0 aliphatic carbocycles. The van der Waals surface area contributed by atoms with Gasteiger partial charge in [0.2, 0.25) is 0 Å². The summed E-state index contributed by atoms with van der Waals surface area (Å²) in [4.78, 5) is 2.53. The van der Waals surface area contributed by atoms with Crippen LogP contribution >= 0.6 is 0 Å². The van der Waals surface area contributed by atoms with Crippen LogP contribution in [0.25, 0.3) is 0 Å². The molecule has 1 saturated heterocycles. The Morgan fingerprint density at radius 3 is 2.59 bits per heavy atom. The maximum atomic E-state index is 5.83. The second-order valence-corrected chi connectivity index (χ2v) is 5.25. The summed E-state index contributed by atoms with van der Waals surface area (Å²) in [5.74, 6) is 0.451. The second-order valence-electron chi connectivity index (χ2n) is 5.25. The first kappa shape index (κ1) is 12.4. The summed E-state index contributed by atoms with van der Waals surface area (Å²) >= 11 is 0. The van der Waals surface area contributed by atoms with E-state index in [0.717, 1.165) is 6.54 Å². The van der Waals surface area contributed by atoms with Crippen molar-refractivity contribution in [1.82, 2.24) is 0 Å². The number of piperidine rings is 1. The summed E-state index contributed by atoms with van der Waals surface area (Å²) in [6, 6.07) is 6.81. The van der Waals surface area contributed by atoms with Crippen molar-refractivity contribution in [3.05, 3.63) is 29.3 Å². The number of rotatable bonds is 3. The maximum absolute atomic E-state index is 5.83. The molecule has 1 aliphatic rings. The Morgan fingerprint density at radius 1 is 1.24 bits per heavy atom. The molecule has 1 unspecified atom stereocenters. The summed E-state index contributed by atoms with van der Waals surface area (Å²) in [5, 5.41) is 0. The average molecular weight is 232 g/mol. The predicted molar refractivity (Wildman–Crippen MR) is 74.7 cm³/mol. The van der Waals surface area contributed by atoms with Gasteiger partial charge in [-0.25, -0.2) is 0 Å². The largest absolute Gasteiger partial charge is 0.371 e. The maximum Gasteiger partial charge on any atom is 0.0402 e. The van der Waals surface area contributed by atoms with Gasteiger partial charge >= 0.3 is 0 Å². The molecule has 17 heavy (non-hydrogen) atoms. The monoisotopic (exact) mass is 232 g/mol. The van der Waals surface area contributed by atoms with Gasteiger partial charge in [0.1, 0.15) is 0 Å². The Balaban J connectivity index is 2.30. The van der Waals surface area contributed by atoms with E-state index in [-0.39, 0.29) is 0 Å². The van der Waals surface area contributed by atoms with Gasteiger partial charge in [0.05, 0.1) is 0 Å². The van der Waals surface area contributed by atoms with Crippen LogP contribution in [0, 0.1) is 6.92 Å². The molecule has 0 bridgehead atoms. The molecule has 0 amide bonds. The Labute approximate surface area is 105 Å². The van der Waals surface area contributed by atoms with E-state index in [1.54, 1.807) is 0 Å². The van der Waals surface area contributed by atoms with Crippen molar-refractivity contribution in [1.29, 1.82) is 0 Å². The van der Waals surface area contributed by atoms with Gasteiger partial charge in [0, 0.05) is 18.8 Å². The molecule has 2 N–H and O–H groups in total. The Hall–Kier alpha value is -1.02. The lowest BCUT2D eigenvalue weighted by Crippen LogP contribution is -2.30. The highest BCUT2D eigenvalue weighted by Crippen LogP contribution is 2.30. The van der Waals surface area contributed by atoms with Crippen LogP contribution in [-0.4, -0.2) is 19.6 Å². The number of hydrogen-bond donors (Lipinski definition) is 1. The topological polar surface area (TPSA) is 29.3 Å². The summed E-state index contributed by atoms with van der Waals surface area (Å²) in [6.07, 6.45) is 4.03. The molecule has 1 fully saturated rings. The first-order chi connectivity index (χ1) is 8.22. The summed E-state index contributed by atoms with van der Waals surface area (Å²) in [6.45, 7) is 7.51. The molecule has 1 aromatic carbocycles. The van der Waals surface area contributed by atoms with Crippen LogP contribution in [0.1, 0.15) is 43.2 Å². The smallest absolute Gasteiger partial charge is 0.0402 e. The van der Waals surface area contributed by atoms with Gasteiger partial charge < -0.3 is 10.6 Å². The summed E-state index contributed by atoms with van der Waals surface area (Å²) in [5.41, 5.74) is 10.0. The molecule has 94 valence electrons. The SMILES string of the molecule is Cc1ccc(N2CCCCC2)c(C(C)CN)c1. The standard InChI is InChI=1S/C15H24N2/c1-12-6-7-15(14(10-12)13(2)11-16)17-8-4-3-5-9-17/h6-7,10,13H,3-5,8-9,11,16H2,1-2H3. The quantitative estimate of drug-likeness (QED) is 0.868. The van der Waals surface area contributed by atoms with E-state index >= 15 is 0 Å². The molecule has 1 aromatic rings. The van der Waals surface area contributed by atoms with Gasteiger partial charge in [-0.2, -0.15) is 0 Å². The molecule has 1 atom stereocenters. The first-order valence-corrected chi connectivity index (χ1v) is 6.78. The van der Waals surface area contributed by atoms with Crippen molar-refractivity contribution >= 4 is 5.69 Å². The molecule has 2 nitrogen and oxygen atoms in total. The number of anilines is 1. The number of nitrogens with two attached hydrogens (primary N) is 1. The first-order valence-electron chi connectivity index (χ1n) is 6.78. The molecule has 2 heteroatoms. The highest BCUT2D eigenvalue weighted by Gasteiger charge is 2.17. The Bertz CT molecular complexity index is 367. The summed E-state index contributed by atoms with van der Waals surface area (Å²) in [7, 11) is 0. The molecule has 0 radical (unpaired) electrons. The third-order valence-electron chi connectivity index (χ3n) is 3.76. The van der Waals surface area contributed by atoms with Crippen LogP contribution in [0.3, 0.4) is 0 Å². The number of aryl methyl sites for hydroxylation is 1. The van der Waals surface area contributed by atoms with Crippen molar-refractivity contribution in [2.75, 3.05) is 24.5 Å². The molecule has 1 heterocycles. The van der Waals surface area contributed by atoms with Crippen molar-refractivity contribution in [3.63, 3.8) is 0 Å². The van der Waals surface area contributed by atoms with E-state index in [9.17, 15) is 0 Å². The van der Waals surface area contributed by atoms with Crippen LogP contribution in [0.2, 0.25) is 0 Å². The highest BCUT2D eigenvalue weighted by atomic mass is 15.1. The van der Waals surface area contributed by atoms with Gasteiger partial charge in [-0.3, -0.25) is 0 Å². The number of hydrogen-bond acceptors (Lipinski definition) is 2. The lowest BCUT2D eigenvalue weighted by atomic mass is 9.95. The van der Waals surface area contributed by atoms with Crippen molar-refractivity contribution in [2.24, 2.45) is 5.73 Å². The molecule has 1 aliphatic heterocycles. The molecular formula is C15H24N2. The van der Waals surface area contributed by atoms with Crippen LogP contribution in [-0.2, 0) is 0 Å². The van der Waals surface area contributed by atoms with Crippen molar-refractivity contribution in [3.8, 4) is 0 Å². The van der Waals surface area contributed by atoms with Crippen LogP contribution in [0.15, 0.2) is 18.2 Å². The minimum absolute atomic E-state index is 0.451. The Morgan fingerprint density at radius 2 is 1.94 bits per heavy atom. The minimum Gasteiger partial charge on any atom is -0.371 e. The van der Waals surface area contributed by atoms with Crippen LogP contribution in [0.4, 0.5) is 5.69 Å². The average Bonchev–Trinajstić information content (AvgIpc) is 2.38. The van der Waals surface area contributed by atoms with E-state index in [4.69, 9.17) is 5.73 Å². The number of nitrogens with zero attached hydrogens (tertiary/aromatic N) is 1. The van der Waals surface area contributed by atoms with E-state index < -0.39 is 0 Å². The Kier molecular flexibility index (Phi) is 4.06. The normalized spacial score (nSPS) is 18.2. The van der Waals surface area contributed by atoms with E-state index in [2.05, 4.69) is 36.9 Å². The molecule has 0 saturated carbocycles. The molecule has 0 spiro atoms. The fourth-order valence-corrected chi connectivity index (χ4v) is 2.62. The van der Waals surface area contributed by atoms with Gasteiger partial charge in [0.25, 0.3) is 0 Å². The van der Waals surface area contributed by atoms with Gasteiger partial charge in [-0.05, 0) is 50.3 Å². The zero-order valence-corrected chi connectivity index (χ0v) is 11.1. The second kappa shape index (κ2) is 5.54. The zero-order chi connectivity index (χ0) is 12.3. The lowest BCUT2D eigenvalue weighted by molar-refractivity contribution is 0.574. The minimum atomic E-state index is 0.451.